The Balaban J connectivity index is 3.14. The van der Waals surface area contributed by atoms with Crippen molar-refractivity contribution in [3.05, 3.63) is 0 Å². The van der Waals surface area contributed by atoms with E-state index in [0.717, 1.165) is 0 Å². The highest BCUT2D eigenvalue weighted by molar-refractivity contribution is 4.54. The van der Waals surface area contributed by atoms with E-state index >= 15 is 0 Å². The number of hydrogen-bond acceptors (Lipinski definition) is 2. The Hall–Kier alpha value is -0.150. The Bertz CT molecular complexity index is 49.0. The largest absolute Gasteiger partial charge is 0.389 e. The topological polar surface area (TPSA) is 32.3 Å². The molecule has 1 unspecified atom stereocenters. The zero-order chi connectivity index (χ0) is 5.86. The lowest BCUT2D eigenvalue weighted by Gasteiger charge is -2.07. The fourth-order valence-electron chi connectivity index (χ4n) is 0.241. The number of likely N-dealkylation sites (N-methyl/N-ethyl adjacent to an activating group) is 1. The van der Waals surface area contributed by atoms with E-state index < -0.39 is 12.4 Å². The predicted octanol–water partition coefficient (Wildman–Crippen LogP) is -0.118. The standard InChI is InChI=1S/C4H10FNO/c1-3(7)4(5)6-2/h3-4,6-7H,1-2H3/t3?,4-/m0/s1. The van der Waals surface area contributed by atoms with Crippen LogP contribution in [0.25, 0.3) is 0 Å². The van der Waals surface area contributed by atoms with Crippen LogP contribution in [0, 0.1) is 0 Å². The molecule has 0 radical (unpaired) electrons. The van der Waals surface area contributed by atoms with Gasteiger partial charge in [-0.3, -0.25) is 5.32 Å². The third kappa shape index (κ3) is 2.53. The first-order valence-electron chi connectivity index (χ1n) is 2.18. The normalized spacial score (nSPS) is 18.9. The van der Waals surface area contributed by atoms with Gasteiger partial charge in [0.25, 0.3) is 0 Å². The Labute approximate surface area is 42.3 Å². The molecule has 0 bridgehead atoms. The predicted molar refractivity (Wildman–Crippen MR) is 25.6 cm³/mol. The molecule has 2 nitrogen and oxygen atoms in total. The van der Waals surface area contributed by atoms with Gasteiger partial charge in [-0.05, 0) is 14.0 Å². The summed E-state index contributed by atoms with van der Waals surface area (Å²) < 4.78 is 11.9. The van der Waals surface area contributed by atoms with E-state index in [9.17, 15) is 4.39 Å². The zero-order valence-corrected chi connectivity index (χ0v) is 4.48. The van der Waals surface area contributed by atoms with Gasteiger partial charge in [0, 0.05) is 0 Å². The summed E-state index contributed by atoms with van der Waals surface area (Å²) in [6.07, 6.45) is -2.20. The summed E-state index contributed by atoms with van der Waals surface area (Å²) in [5.74, 6) is 0. The molecule has 7 heavy (non-hydrogen) atoms. The Kier molecular flexibility index (Phi) is 2.87. The Morgan fingerprint density at radius 1 is 1.71 bits per heavy atom. The van der Waals surface area contributed by atoms with E-state index in [1.165, 1.54) is 14.0 Å². The number of aliphatic hydroxyl groups excluding tert-OH is 1. The van der Waals surface area contributed by atoms with Crippen LogP contribution in [0.1, 0.15) is 6.92 Å². The van der Waals surface area contributed by atoms with Crippen LogP contribution in [0.15, 0.2) is 0 Å². The fourth-order valence-corrected chi connectivity index (χ4v) is 0.241. The van der Waals surface area contributed by atoms with Crippen molar-refractivity contribution in [2.24, 2.45) is 0 Å². The number of hydrogen-bond donors (Lipinski definition) is 2. The molecule has 0 aromatic rings. The maximum absolute atomic E-state index is 11.9. The molecule has 2 N–H and O–H groups in total. The fraction of sp³-hybridized carbons (Fsp3) is 1.00. The first kappa shape index (κ1) is 6.85. The summed E-state index contributed by atoms with van der Waals surface area (Å²) >= 11 is 0. The second kappa shape index (κ2) is 2.93. The van der Waals surface area contributed by atoms with Gasteiger partial charge in [0.2, 0.25) is 0 Å². The van der Waals surface area contributed by atoms with Gasteiger partial charge in [0.05, 0.1) is 6.10 Å². The second-order valence-electron chi connectivity index (χ2n) is 1.43. The Morgan fingerprint density at radius 2 is 2.14 bits per heavy atom. The first-order valence-corrected chi connectivity index (χ1v) is 2.18. The molecule has 0 aromatic heterocycles. The van der Waals surface area contributed by atoms with Crippen molar-refractivity contribution in [2.45, 2.75) is 19.3 Å². The first-order chi connectivity index (χ1) is 3.18. The minimum absolute atomic E-state index is 0.912. The van der Waals surface area contributed by atoms with Crippen LogP contribution in [-0.2, 0) is 0 Å². The maximum Gasteiger partial charge on any atom is 0.176 e. The van der Waals surface area contributed by atoms with Crippen LogP contribution in [0.3, 0.4) is 0 Å². The molecule has 0 heterocycles. The highest BCUT2D eigenvalue weighted by Gasteiger charge is 2.07. The Morgan fingerprint density at radius 3 is 2.14 bits per heavy atom. The summed E-state index contributed by atoms with van der Waals surface area (Å²) in [6.45, 7) is 1.39. The SMILES string of the molecule is CN[C@H](F)C(C)O. The molecule has 0 aliphatic rings. The molecule has 0 aliphatic carbocycles. The van der Waals surface area contributed by atoms with Gasteiger partial charge in [-0.1, -0.05) is 0 Å². The van der Waals surface area contributed by atoms with E-state index in [0.29, 0.717) is 0 Å². The average Bonchev–Trinajstić information content (AvgIpc) is 1.65. The van der Waals surface area contributed by atoms with Crippen molar-refractivity contribution in [3.8, 4) is 0 Å². The van der Waals surface area contributed by atoms with Gasteiger partial charge in [-0.2, -0.15) is 0 Å². The highest BCUT2D eigenvalue weighted by Crippen LogP contribution is 1.89. The van der Waals surface area contributed by atoms with Gasteiger partial charge in [0.1, 0.15) is 0 Å². The third-order valence-corrected chi connectivity index (χ3v) is 0.699. The van der Waals surface area contributed by atoms with E-state index in [1.54, 1.807) is 0 Å². The lowest BCUT2D eigenvalue weighted by atomic mass is 10.4. The molecule has 3 heteroatoms. The summed E-state index contributed by atoms with van der Waals surface area (Å²) in [5.41, 5.74) is 0. The van der Waals surface area contributed by atoms with Crippen LogP contribution in [0.4, 0.5) is 4.39 Å². The maximum atomic E-state index is 11.9. The van der Waals surface area contributed by atoms with Crippen LogP contribution >= 0.6 is 0 Å². The monoisotopic (exact) mass is 107 g/mol. The van der Waals surface area contributed by atoms with Crippen molar-refractivity contribution < 1.29 is 9.50 Å². The number of aliphatic hydroxyl groups is 1. The minimum Gasteiger partial charge on any atom is -0.389 e. The van der Waals surface area contributed by atoms with Gasteiger partial charge in [-0.15, -0.1) is 0 Å². The highest BCUT2D eigenvalue weighted by atomic mass is 19.1. The molecule has 0 saturated heterocycles. The van der Waals surface area contributed by atoms with Crippen molar-refractivity contribution in [1.82, 2.24) is 5.32 Å². The molecule has 0 saturated carbocycles. The van der Waals surface area contributed by atoms with Gasteiger partial charge < -0.3 is 5.11 Å². The minimum atomic E-state index is -1.29. The van der Waals surface area contributed by atoms with E-state index in [4.69, 9.17) is 5.11 Å². The van der Waals surface area contributed by atoms with Crippen LogP contribution in [-0.4, -0.2) is 24.6 Å². The summed E-state index contributed by atoms with van der Waals surface area (Å²) in [5, 5.41) is 10.6. The molecule has 44 valence electrons. The van der Waals surface area contributed by atoms with E-state index in [1.807, 2.05) is 0 Å². The zero-order valence-electron chi connectivity index (χ0n) is 4.48. The molecule has 0 rings (SSSR count). The number of rotatable bonds is 2. The van der Waals surface area contributed by atoms with Gasteiger partial charge in [-0.25, -0.2) is 4.39 Å². The molecule has 0 amide bonds. The van der Waals surface area contributed by atoms with Crippen molar-refractivity contribution in [3.63, 3.8) is 0 Å². The average molecular weight is 107 g/mol. The number of halogens is 1. The lowest BCUT2D eigenvalue weighted by Crippen LogP contribution is -2.30. The summed E-state index contributed by atoms with van der Waals surface area (Å²) in [6, 6.07) is 0. The number of alkyl halides is 1. The van der Waals surface area contributed by atoms with Gasteiger partial charge in [0.15, 0.2) is 6.30 Å². The molecule has 0 aromatic carbocycles. The van der Waals surface area contributed by atoms with E-state index in [2.05, 4.69) is 5.32 Å². The van der Waals surface area contributed by atoms with E-state index in [-0.39, 0.29) is 0 Å². The quantitative estimate of drug-likeness (QED) is 0.482. The van der Waals surface area contributed by atoms with Crippen molar-refractivity contribution in [1.29, 1.82) is 0 Å². The van der Waals surface area contributed by atoms with Crippen LogP contribution < -0.4 is 5.32 Å². The van der Waals surface area contributed by atoms with Crippen molar-refractivity contribution in [2.75, 3.05) is 7.05 Å². The number of nitrogens with one attached hydrogen (secondary N) is 1. The molecular weight excluding hydrogens is 97.0 g/mol. The summed E-state index contributed by atoms with van der Waals surface area (Å²) in [7, 11) is 1.46. The summed E-state index contributed by atoms with van der Waals surface area (Å²) in [4.78, 5) is 0. The molecule has 0 fully saturated rings. The lowest BCUT2D eigenvalue weighted by molar-refractivity contribution is 0.0770. The molecular formula is C4H10FNO. The van der Waals surface area contributed by atoms with Crippen LogP contribution in [0.5, 0.6) is 0 Å². The molecule has 2 atom stereocenters. The van der Waals surface area contributed by atoms with Crippen LogP contribution in [0.2, 0.25) is 0 Å². The molecule has 0 spiro atoms. The molecule has 0 aliphatic heterocycles. The smallest absolute Gasteiger partial charge is 0.176 e. The van der Waals surface area contributed by atoms with Crippen molar-refractivity contribution >= 4 is 0 Å². The third-order valence-electron chi connectivity index (χ3n) is 0.699. The second-order valence-corrected chi connectivity index (χ2v) is 1.43. The van der Waals surface area contributed by atoms with Gasteiger partial charge >= 0.3 is 0 Å².